The van der Waals surface area contributed by atoms with Crippen molar-refractivity contribution in [3.8, 4) is 0 Å². The molecule has 5 heteroatoms. The molecule has 16 heavy (non-hydrogen) atoms. The Morgan fingerprint density at radius 3 is 2.12 bits per heavy atom. The van der Waals surface area contributed by atoms with Crippen molar-refractivity contribution < 1.29 is 19.4 Å². The van der Waals surface area contributed by atoms with E-state index in [-0.39, 0.29) is 6.10 Å². The summed E-state index contributed by atoms with van der Waals surface area (Å²) in [6, 6.07) is 0. The van der Waals surface area contributed by atoms with Crippen LogP contribution in [0.5, 0.6) is 0 Å². The number of nitrogens with zero attached hydrogens (tertiary/aromatic N) is 1. The molecule has 0 aromatic heterocycles. The minimum Gasteiger partial charge on any atom is -0.357 e. The summed E-state index contributed by atoms with van der Waals surface area (Å²) >= 11 is 0. The molecule has 0 amide bonds. The Morgan fingerprint density at radius 1 is 1.12 bits per heavy atom. The summed E-state index contributed by atoms with van der Waals surface area (Å²) in [5.41, 5.74) is -1.23. The van der Waals surface area contributed by atoms with Crippen molar-refractivity contribution in [2.75, 3.05) is 13.2 Å². The maximum Gasteiger partial charge on any atom is 0.163 e. The van der Waals surface area contributed by atoms with Gasteiger partial charge in [-0.15, -0.1) is 0 Å². The van der Waals surface area contributed by atoms with E-state index in [1.807, 2.05) is 34.6 Å². The van der Waals surface area contributed by atoms with Crippen LogP contribution in [0.4, 0.5) is 0 Å². The third-order valence-electron chi connectivity index (χ3n) is 3.41. The zero-order valence-corrected chi connectivity index (χ0v) is 10.6. The summed E-state index contributed by atoms with van der Waals surface area (Å²) in [6.45, 7) is 10.2. The van der Waals surface area contributed by atoms with Crippen LogP contribution in [-0.4, -0.2) is 46.6 Å². The number of ether oxygens (including phenoxy) is 3. The van der Waals surface area contributed by atoms with Crippen LogP contribution in [0.2, 0.25) is 0 Å². The fourth-order valence-corrected chi connectivity index (χ4v) is 2.28. The first-order chi connectivity index (χ1) is 7.17. The van der Waals surface area contributed by atoms with Gasteiger partial charge in [0.2, 0.25) is 0 Å². The zero-order valence-electron chi connectivity index (χ0n) is 10.6. The molecule has 2 fully saturated rings. The quantitative estimate of drug-likeness (QED) is 0.738. The molecule has 2 atom stereocenters. The molecule has 0 spiro atoms. The molecule has 1 N–H and O–H groups in total. The van der Waals surface area contributed by atoms with E-state index in [1.165, 1.54) is 5.06 Å². The second-order valence-corrected chi connectivity index (χ2v) is 5.72. The van der Waals surface area contributed by atoms with Crippen LogP contribution < -0.4 is 0 Å². The molecular formula is C11H21NO4. The van der Waals surface area contributed by atoms with Crippen LogP contribution in [-0.2, 0) is 14.2 Å². The normalized spacial score (nSPS) is 42.8. The smallest absolute Gasteiger partial charge is 0.163 e. The average molecular weight is 231 g/mol. The van der Waals surface area contributed by atoms with Crippen LogP contribution in [0.1, 0.15) is 34.6 Å². The summed E-state index contributed by atoms with van der Waals surface area (Å²) in [5, 5.41) is 11.4. The highest BCUT2D eigenvalue weighted by Gasteiger charge is 2.56. The number of hydrogen-bond acceptors (Lipinski definition) is 5. The van der Waals surface area contributed by atoms with Crippen molar-refractivity contribution in [3.05, 3.63) is 0 Å². The van der Waals surface area contributed by atoms with E-state index < -0.39 is 17.1 Å². The Kier molecular flexibility index (Phi) is 2.60. The summed E-state index contributed by atoms with van der Waals surface area (Å²) < 4.78 is 16.9. The topological polar surface area (TPSA) is 51.2 Å². The standard InChI is InChI=1S/C11H21NO4/c1-9(2)12(13)11(5,7-15-9)8-6-14-10(3,4)16-8/h8,13H,6-7H2,1-5H3/t8-,11+/m0/s1. The fourth-order valence-electron chi connectivity index (χ4n) is 2.28. The van der Waals surface area contributed by atoms with E-state index in [4.69, 9.17) is 14.2 Å². The van der Waals surface area contributed by atoms with Crippen molar-refractivity contribution in [2.45, 2.75) is 57.8 Å². The number of hydroxylamine groups is 2. The highest BCUT2D eigenvalue weighted by Crippen LogP contribution is 2.40. The van der Waals surface area contributed by atoms with Crippen molar-refractivity contribution in [2.24, 2.45) is 0 Å². The molecule has 2 heterocycles. The fraction of sp³-hybridized carbons (Fsp3) is 1.00. The highest BCUT2D eigenvalue weighted by atomic mass is 16.7. The zero-order chi connectivity index (χ0) is 12.2. The van der Waals surface area contributed by atoms with E-state index >= 15 is 0 Å². The van der Waals surface area contributed by atoms with Gasteiger partial charge in [0.25, 0.3) is 0 Å². The van der Waals surface area contributed by atoms with Crippen molar-refractivity contribution in [3.63, 3.8) is 0 Å². The van der Waals surface area contributed by atoms with Gasteiger partial charge in [-0.1, -0.05) is 0 Å². The van der Waals surface area contributed by atoms with Crippen LogP contribution >= 0.6 is 0 Å². The first-order valence-corrected chi connectivity index (χ1v) is 5.62. The van der Waals surface area contributed by atoms with Crippen LogP contribution in [0, 0.1) is 0 Å². The predicted octanol–water partition coefficient (Wildman–Crippen LogP) is 1.35. The molecule has 0 aliphatic carbocycles. The summed E-state index contributed by atoms with van der Waals surface area (Å²) in [4.78, 5) is 0. The number of rotatable bonds is 1. The first-order valence-electron chi connectivity index (χ1n) is 5.62. The number of hydrogen-bond donors (Lipinski definition) is 1. The van der Waals surface area contributed by atoms with E-state index in [9.17, 15) is 5.21 Å². The summed E-state index contributed by atoms with van der Waals surface area (Å²) in [6.07, 6.45) is -0.186. The van der Waals surface area contributed by atoms with Gasteiger partial charge in [0.15, 0.2) is 5.79 Å². The van der Waals surface area contributed by atoms with E-state index in [1.54, 1.807) is 0 Å². The molecule has 0 radical (unpaired) electrons. The lowest BCUT2D eigenvalue weighted by Crippen LogP contribution is -2.56. The maximum absolute atomic E-state index is 10.2. The molecule has 0 unspecified atom stereocenters. The van der Waals surface area contributed by atoms with Crippen molar-refractivity contribution in [1.29, 1.82) is 0 Å². The Morgan fingerprint density at radius 2 is 1.75 bits per heavy atom. The Labute approximate surface area is 96.2 Å². The molecule has 2 aliphatic rings. The molecule has 0 saturated carbocycles. The monoisotopic (exact) mass is 231 g/mol. The predicted molar refractivity (Wildman–Crippen MR) is 57.0 cm³/mol. The second-order valence-electron chi connectivity index (χ2n) is 5.72. The second kappa shape index (κ2) is 3.40. The minimum absolute atomic E-state index is 0.186. The Hall–Kier alpha value is -0.200. The van der Waals surface area contributed by atoms with Gasteiger partial charge in [0, 0.05) is 0 Å². The molecule has 2 rings (SSSR count). The van der Waals surface area contributed by atoms with Gasteiger partial charge in [-0.3, -0.25) is 0 Å². The summed E-state index contributed by atoms with van der Waals surface area (Å²) in [5.74, 6) is -0.582. The highest BCUT2D eigenvalue weighted by molar-refractivity contribution is 5.00. The Balaban J connectivity index is 2.16. The van der Waals surface area contributed by atoms with Gasteiger partial charge in [0.1, 0.15) is 11.8 Å². The molecule has 94 valence electrons. The Bertz CT molecular complexity index is 292. The van der Waals surface area contributed by atoms with E-state index in [0.29, 0.717) is 13.2 Å². The molecular weight excluding hydrogens is 210 g/mol. The molecule has 2 saturated heterocycles. The van der Waals surface area contributed by atoms with Crippen LogP contribution in [0.25, 0.3) is 0 Å². The first kappa shape index (κ1) is 12.3. The van der Waals surface area contributed by atoms with Gasteiger partial charge in [-0.25, -0.2) is 0 Å². The van der Waals surface area contributed by atoms with Gasteiger partial charge < -0.3 is 19.4 Å². The van der Waals surface area contributed by atoms with Crippen LogP contribution in [0.3, 0.4) is 0 Å². The lowest BCUT2D eigenvalue weighted by atomic mass is 9.96. The molecule has 5 nitrogen and oxygen atoms in total. The minimum atomic E-state index is -0.676. The third kappa shape index (κ3) is 1.76. The SMILES string of the molecule is CC1(C)OC[C@@H]([C@@]2(C)COC(C)(C)N2O)O1. The van der Waals surface area contributed by atoms with Gasteiger partial charge in [-0.05, 0) is 34.6 Å². The molecule has 0 aromatic carbocycles. The average Bonchev–Trinajstić information content (AvgIpc) is 2.62. The lowest BCUT2D eigenvalue weighted by Gasteiger charge is -2.37. The molecule has 0 bridgehead atoms. The third-order valence-corrected chi connectivity index (χ3v) is 3.41. The van der Waals surface area contributed by atoms with Gasteiger partial charge >= 0.3 is 0 Å². The van der Waals surface area contributed by atoms with E-state index in [0.717, 1.165) is 0 Å². The van der Waals surface area contributed by atoms with Crippen molar-refractivity contribution >= 4 is 0 Å². The van der Waals surface area contributed by atoms with E-state index in [2.05, 4.69) is 0 Å². The van der Waals surface area contributed by atoms with Crippen molar-refractivity contribution in [1.82, 2.24) is 5.06 Å². The van der Waals surface area contributed by atoms with Crippen LogP contribution in [0.15, 0.2) is 0 Å². The summed E-state index contributed by atoms with van der Waals surface area (Å²) in [7, 11) is 0. The van der Waals surface area contributed by atoms with Gasteiger partial charge in [-0.2, -0.15) is 5.06 Å². The molecule has 0 aromatic rings. The lowest BCUT2D eigenvalue weighted by molar-refractivity contribution is -0.257. The largest absolute Gasteiger partial charge is 0.357 e. The molecule has 2 aliphatic heterocycles. The van der Waals surface area contributed by atoms with Gasteiger partial charge in [0.05, 0.1) is 18.8 Å². The maximum atomic E-state index is 10.2.